The van der Waals surface area contributed by atoms with Crippen LogP contribution in [0, 0.1) is 0 Å². The molecule has 7 heteroatoms. The van der Waals surface area contributed by atoms with Gasteiger partial charge in [-0.2, -0.15) is 0 Å². The smallest absolute Gasteiger partial charge is 0.241 e. The minimum Gasteiger partial charge on any atom is -0.391 e. The van der Waals surface area contributed by atoms with E-state index in [0.29, 0.717) is 6.42 Å². The van der Waals surface area contributed by atoms with E-state index in [9.17, 15) is 13.5 Å². The van der Waals surface area contributed by atoms with Gasteiger partial charge in [0.15, 0.2) is 0 Å². The van der Waals surface area contributed by atoms with Gasteiger partial charge in [0.2, 0.25) is 10.0 Å². The molecule has 2 aromatic carbocycles. The van der Waals surface area contributed by atoms with Crippen LogP contribution in [0.25, 0.3) is 0 Å². The maximum absolute atomic E-state index is 12.5. The van der Waals surface area contributed by atoms with Crippen molar-refractivity contribution in [2.24, 2.45) is 0 Å². The van der Waals surface area contributed by atoms with Crippen LogP contribution >= 0.6 is 23.2 Å². The highest BCUT2D eigenvalue weighted by Crippen LogP contribution is 2.33. The van der Waals surface area contributed by atoms with Crippen molar-refractivity contribution in [2.75, 3.05) is 0 Å². The molecular weight excluding hydrogens is 345 g/mol. The predicted molar refractivity (Wildman–Crippen MR) is 85.7 cm³/mol. The van der Waals surface area contributed by atoms with Crippen LogP contribution in [0.4, 0.5) is 0 Å². The number of fused-ring (bicyclic) bond motifs is 1. The van der Waals surface area contributed by atoms with Gasteiger partial charge in [-0.25, -0.2) is 13.1 Å². The average molecular weight is 358 g/mol. The second-order valence-corrected chi connectivity index (χ2v) is 7.67. The van der Waals surface area contributed by atoms with Gasteiger partial charge in [0.25, 0.3) is 0 Å². The lowest BCUT2D eigenvalue weighted by Crippen LogP contribution is -2.33. The molecular formula is C15H13Cl2NO3S. The number of sulfonamides is 1. The summed E-state index contributed by atoms with van der Waals surface area (Å²) < 4.78 is 27.5. The summed E-state index contributed by atoms with van der Waals surface area (Å²) in [6, 6.07) is 10.8. The van der Waals surface area contributed by atoms with Crippen LogP contribution in [0.15, 0.2) is 47.4 Å². The Hall–Kier alpha value is -1.11. The minimum atomic E-state index is -3.81. The zero-order valence-corrected chi connectivity index (χ0v) is 13.7. The lowest BCUT2D eigenvalue weighted by atomic mass is 10.1. The third-order valence-corrected chi connectivity index (χ3v) is 5.87. The van der Waals surface area contributed by atoms with E-state index < -0.39 is 22.2 Å². The molecule has 0 aliphatic heterocycles. The monoisotopic (exact) mass is 357 g/mol. The Balaban J connectivity index is 1.93. The molecule has 0 saturated heterocycles. The van der Waals surface area contributed by atoms with Crippen molar-refractivity contribution in [3.63, 3.8) is 0 Å². The van der Waals surface area contributed by atoms with Gasteiger partial charge >= 0.3 is 0 Å². The summed E-state index contributed by atoms with van der Waals surface area (Å²) in [4.78, 5) is 0.0125. The van der Waals surface area contributed by atoms with Crippen molar-refractivity contribution < 1.29 is 13.5 Å². The van der Waals surface area contributed by atoms with Gasteiger partial charge in [-0.3, -0.25) is 0 Å². The summed E-state index contributed by atoms with van der Waals surface area (Å²) in [5.74, 6) is 0. The Morgan fingerprint density at radius 2 is 1.82 bits per heavy atom. The Labute approximate surface area is 138 Å². The average Bonchev–Trinajstić information content (AvgIpc) is 2.78. The van der Waals surface area contributed by atoms with Gasteiger partial charge < -0.3 is 5.11 Å². The fourth-order valence-electron chi connectivity index (χ4n) is 2.60. The van der Waals surface area contributed by atoms with E-state index in [2.05, 4.69) is 4.72 Å². The zero-order chi connectivity index (χ0) is 15.9. The molecule has 0 fully saturated rings. The first kappa shape index (κ1) is 15.8. The molecule has 1 aliphatic rings. The van der Waals surface area contributed by atoms with Crippen molar-refractivity contribution in [1.29, 1.82) is 0 Å². The van der Waals surface area contributed by atoms with Crippen LogP contribution in [0.3, 0.4) is 0 Å². The van der Waals surface area contributed by atoms with Gasteiger partial charge in [0.05, 0.1) is 27.1 Å². The standard InChI is InChI=1S/C15H13Cl2NO3S/c16-12-6-5-10(8-13(12)17)22(20,21)18-15-11-4-2-1-3-9(11)7-14(15)19/h1-6,8,14-15,18-19H,7H2. The molecule has 0 spiro atoms. The molecule has 116 valence electrons. The summed E-state index contributed by atoms with van der Waals surface area (Å²) in [5, 5.41) is 10.6. The largest absolute Gasteiger partial charge is 0.391 e. The SMILES string of the molecule is O=S(=O)(NC1c2ccccc2CC1O)c1ccc(Cl)c(Cl)c1. The molecule has 2 N–H and O–H groups in total. The van der Waals surface area contributed by atoms with E-state index in [0.717, 1.165) is 11.1 Å². The predicted octanol–water partition coefficient (Wildman–Crippen LogP) is 2.93. The van der Waals surface area contributed by atoms with Crippen molar-refractivity contribution in [2.45, 2.75) is 23.5 Å². The molecule has 0 radical (unpaired) electrons. The van der Waals surface area contributed by atoms with E-state index in [1.165, 1.54) is 18.2 Å². The van der Waals surface area contributed by atoms with Gasteiger partial charge in [-0.1, -0.05) is 47.5 Å². The van der Waals surface area contributed by atoms with Gasteiger partial charge in [-0.15, -0.1) is 0 Å². The van der Waals surface area contributed by atoms with Crippen LogP contribution in [-0.2, 0) is 16.4 Å². The molecule has 0 aromatic heterocycles. The van der Waals surface area contributed by atoms with Crippen LogP contribution in [0.5, 0.6) is 0 Å². The Morgan fingerprint density at radius 1 is 1.09 bits per heavy atom. The third kappa shape index (κ3) is 2.87. The Bertz CT molecular complexity index is 823. The highest BCUT2D eigenvalue weighted by Gasteiger charge is 2.34. The van der Waals surface area contributed by atoms with Crippen LogP contribution < -0.4 is 4.72 Å². The molecule has 22 heavy (non-hydrogen) atoms. The molecule has 0 bridgehead atoms. The molecule has 2 atom stereocenters. The topological polar surface area (TPSA) is 66.4 Å². The first-order valence-corrected chi connectivity index (χ1v) is 8.85. The Kier molecular flexibility index (Phi) is 4.18. The summed E-state index contributed by atoms with van der Waals surface area (Å²) in [6.07, 6.45) is -0.375. The maximum Gasteiger partial charge on any atom is 0.241 e. The number of nitrogens with one attached hydrogen (secondary N) is 1. The zero-order valence-electron chi connectivity index (χ0n) is 11.3. The Morgan fingerprint density at radius 3 is 2.55 bits per heavy atom. The molecule has 0 amide bonds. The molecule has 2 aromatic rings. The van der Waals surface area contributed by atoms with Crippen LogP contribution in [-0.4, -0.2) is 19.6 Å². The number of halogens is 2. The first-order chi connectivity index (χ1) is 10.4. The van der Waals surface area contributed by atoms with E-state index in [4.69, 9.17) is 23.2 Å². The van der Waals surface area contributed by atoms with Crippen LogP contribution in [0.2, 0.25) is 10.0 Å². The van der Waals surface area contributed by atoms with Crippen molar-refractivity contribution in [1.82, 2.24) is 4.72 Å². The number of aliphatic hydroxyl groups excluding tert-OH is 1. The highest BCUT2D eigenvalue weighted by atomic mass is 35.5. The fourth-order valence-corrected chi connectivity index (χ4v) is 4.23. The third-order valence-electron chi connectivity index (χ3n) is 3.69. The van der Waals surface area contributed by atoms with Gasteiger partial charge in [0.1, 0.15) is 0 Å². The van der Waals surface area contributed by atoms with E-state index in [1.54, 1.807) is 0 Å². The fraction of sp³-hybridized carbons (Fsp3) is 0.200. The van der Waals surface area contributed by atoms with Crippen LogP contribution in [0.1, 0.15) is 17.2 Å². The van der Waals surface area contributed by atoms with E-state index >= 15 is 0 Å². The maximum atomic E-state index is 12.5. The van der Waals surface area contributed by atoms with Crippen molar-refractivity contribution in [3.8, 4) is 0 Å². The molecule has 0 saturated carbocycles. The summed E-state index contributed by atoms with van der Waals surface area (Å²) in [7, 11) is -3.81. The number of rotatable bonds is 3. The second-order valence-electron chi connectivity index (χ2n) is 5.15. The number of aliphatic hydroxyl groups is 1. The summed E-state index contributed by atoms with van der Waals surface area (Å²) in [6.45, 7) is 0. The molecule has 3 rings (SSSR count). The molecule has 0 heterocycles. The summed E-state index contributed by atoms with van der Waals surface area (Å²) in [5.41, 5.74) is 1.73. The molecule has 2 unspecified atom stereocenters. The number of hydrogen-bond acceptors (Lipinski definition) is 3. The number of benzene rings is 2. The molecule has 1 aliphatic carbocycles. The second kappa shape index (κ2) is 5.83. The normalized spacial score (nSPS) is 20.9. The highest BCUT2D eigenvalue weighted by molar-refractivity contribution is 7.89. The van der Waals surface area contributed by atoms with E-state index in [-0.39, 0.29) is 14.9 Å². The van der Waals surface area contributed by atoms with Crippen molar-refractivity contribution >= 4 is 33.2 Å². The van der Waals surface area contributed by atoms with Gasteiger partial charge in [0, 0.05) is 6.42 Å². The minimum absolute atomic E-state index is 0.0125. The number of hydrogen-bond donors (Lipinski definition) is 2. The lowest BCUT2D eigenvalue weighted by molar-refractivity contribution is 0.151. The quantitative estimate of drug-likeness (QED) is 0.887. The lowest BCUT2D eigenvalue weighted by Gasteiger charge is -2.18. The van der Waals surface area contributed by atoms with Gasteiger partial charge in [-0.05, 0) is 29.3 Å². The summed E-state index contributed by atoms with van der Waals surface area (Å²) >= 11 is 11.7. The van der Waals surface area contributed by atoms with Crippen molar-refractivity contribution in [3.05, 3.63) is 63.6 Å². The first-order valence-electron chi connectivity index (χ1n) is 6.62. The van der Waals surface area contributed by atoms with E-state index in [1.807, 2.05) is 24.3 Å². The molecule has 4 nitrogen and oxygen atoms in total.